The van der Waals surface area contributed by atoms with E-state index in [4.69, 9.17) is 4.74 Å². The van der Waals surface area contributed by atoms with Crippen molar-refractivity contribution < 1.29 is 4.74 Å². The van der Waals surface area contributed by atoms with Gasteiger partial charge in [0.2, 0.25) is 0 Å². The predicted octanol–water partition coefficient (Wildman–Crippen LogP) is 3.67. The van der Waals surface area contributed by atoms with Gasteiger partial charge in [0.1, 0.15) is 5.75 Å². The molecule has 0 aliphatic heterocycles. The molecular weight excluding hydrogens is 184 g/mol. The Balaban J connectivity index is 2.34. The highest BCUT2D eigenvalue weighted by Crippen LogP contribution is 2.24. The Morgan fingerprint density at radius 1 is 1.20 bits per heavy atom. The third-order valence-corrected chi connectivity index (χ3v) is 2.24. The van der Waals surface area contributed by atoms with E-state index < -0.39 is 0 Å². The van der Waals surface area contributed by atoms with Crippen molar-refractivity contribution in [1.82, 2.24) is 0 Å². The van der Waals surface area contributed by atoms with E-state index in [1.807, 2.05) is 24.3 Å². The smallest absolute Gasteiger partial charge is 0.127 e. The Morgan fingerprint density at radius 2 is 2.00 bits per heavy atom. The summed E-state index contributed by atoms with van der Waals surface area (Å²) in [5.41, 5.74) is 0. The molecule has 1 heteroatoms. The van der Waals surface area contributed by atoms with Gasteiger partial charge in [-0.25, -0.2) is 0 Å². The molecule has 0 aromatic heterocycles. The van der Waals surface area contributed by atoms with Crippen molar-refractivity contribution in [2.75, 3.05) is 6.61 Å². The number of hydrogen-bond acceptors (Lipinski definition) is 1. The molecule has 0 bridgehead atoms. The molecule has 0 spiro atoms. The fraction of sp³-hybridized carbons (Fsp3) is 0.286. The Hall–Kier alpha value is -1.50. The summed E-state index contributed by atoms with van der Waals surface area (Å²) < 4.78 is 5.76. The highest BCUT2D eigenvalue weighted by molar-refractivity contribution is 5.87. The summed E-state index contributed by atoms with van der Waals surface area (Å²) in [6.07, 6.45) is 0. The third-order valence-electron chi connectivity index (χ3n) is 2.24. The van der Waals surface area contributed by atoms with Crippen molar-refractivity contribution in [1.29, 1.82) is 0 Å². The third kappa shape index (κ3) is 2.30. The van der Waals surface area contributed by atoms with Gasteiger partial charge in [-0.2, -0.15) is 0 Å². The molecule has 0 unspecified atom stereocenters. The molecule has 77 valence electrons. The van der Waals surface area contributed by atoms with Crippen molar-refractivity contribution in [3.05, 3.63) is 42.5 Å². The molecule has 1 nitrogen and oxygen atoms in total. The quantitative estimate of drug-likeness (QED) is 0.732. The van der Waals surface area contributed by atoms with E-state index in [2.05, 4.69) is 32.0 Å². The monoisotopic (exact) mass is 199 g/mol. The van der Waals surface area contributed by atoms with E-state index >= 15 is 0 Å². The molecule has 0 aliphatic rings. The standard InChI is InChI=1S/C14H15O/c1-11(2)10-15-14-9-5-7-12-6-3-4-8-13(12)14/h3-6,8-9,11H,10H2,1-2H3. The molecule has 0 fully saturated rings. The van der Waals surface area contributed by atoms with Gasteiger partial charge in [0.25, 0.3) is 0 Å². The second-order valence-corrected chi connectivity index (χ2v) is 4.09. The zero-order valence-corrected chi connectivity index (χ0v) is 9.16. The van der Waals surface area contributed by atoms with Crippen LogP contribution in [-0.4, -0.2) is 6.61 Å². The van der Waals surface area contributed by atoms with Crippen molar-refractivity contribution in [2.45, 2.75) is 13.8 Å². The molecule has 0 atom stereocenters. The molecule has 2 aromatic carbocycles. The second-order valence-electron chi connectivity index (χ2n) is 4.09. The first kappa shape index (κ1) is 10.0. The second kappa shape index (κ2) is 4.35. The van der Waals surface area contributed by atoms with Gasteiger partial charge < -0.3 is 4.74 Å². The van der Waals surface area contributed by atoms with Crippen molar-refractivity contribution in [3.63, 3.8) is 0 Å². The summed E-state index contributed by atoms with van der Waals surface area (Å²) in [6, 6.07) is 15.3. The lowest BCUT2D eigenvalue weighted by atomic mass is 10.1. The van der Waals surface area contributed by atoms with E-state index in [1.165, 1.54) is 0 Å². The lowest BCUT2D eigenvalue weighted by Crippen LogP contribution is -2.04. The van der Waals surface area contributed by atoms with Crippen LogP contribution in [0.2, 0.25) is 0 Å². The molecule has 0 N–H and O–H groups in total. The minimum atomic E-state index is 0.549. The fourth-order valence-electron chi connectivity index (χ4n) is 1.50. The Morgan fingerprint density at radius 3 is 2.80 bits per heavy atom. The molecule has 0 amide bonds. The van der Waals surface area contributed by atoms with Gasteiger partial charge in [-0.3, -0.25) is 0 Å². The minimum Gasteiger partial charge on any atom is -0.493 e. The van der Waals surface area contributed by atoms with Crippen molar-refractivity contribution >= 4 is 10.8 Å². The number of rotatable bonds is 3. The highest BCUT2D eigenvalue weighted by Gasteiger charge is 2.01. The predicted molar refractivity (Wildman–Crippen MR) is 63.1 cm³/mol. The molecule has 0 saturated carbocycles. The van der Waals surface area contributed by atoms with Gasteiger partial charge in [0.05, 0.1) is 6.61 Å². The summed E-state index contributed by atoms with van der Waals surface area (Å²) in [7, 11) is 0. The van der Waals surface area contributed by atoms with Crippen LogP contribution in [0.4, 0.5) is 0 Å². The van der Waals surface area contributed by atoms with Crippen LogP contribution in [0, 0.1) is 12.0 Å². The summed E-state index contributed by atoms with van der Waals surface area (Å²) in [5, 5.41) is 2.25. The molecule has 2 aromatic rings. The van der Waals surface area contributed by atoms with Crippen LogP contribution in [0.5, 0.6) is 5.75 Å². The first-order chi connectivity index (χ1) is 7.27. The SMILES string of the molecule is CC(C)COc1cc[c]c2ccccc12. The van der Waals surface area contributed by atoms with Crippen LogP contribution in [0.15, 0.2) is 36.4 Å². The van der Waals surface area contributed by atoms with Crippen LogP contribution in [0.3, 0.4) is 0 Å². The van der Waals surface area contributed by atoms with Crippen LogP contribution in [0.25, 0.3) is 10.8 Å². The first-order valence-electron chi connectivity index (χ1n) is 5.29. The average molecular weight is 199 g/mol. The normalized spacial score (nSPS) is 10.9. The Kier molecular flexibility index (Phi) is 2.91. The summed E-state index contributed by atoms with van der Waals surface area (Å²) in [6.45, 7) is 5.06. The molecule has 0 saturated heterocycles. The van der Waals surface area contributed by atoms with Gasteiger partial charge >= 0.3 is 0 Å². The zero-order chi connectivity index (χ0) is 10.7. The minimum absolute atomic E-state index is 0.549. The van der Waals surface area contributed by atoms with Gasteiger partial charge in [0.15, 0.2) is 0 Å². The van der Waals surface area contributed by atoms with Crippen LogP contribution >= 0.6 is 0 Å². The van der Waals surface area contributed by atoms with E-state index in [0.29, 0.717) is 5.92 Å². The molecular formula is C14H15O. The topological polar surface area (TPSA) is 9.23 Å². The molecule has 1 radical (unpaired) electrons. The maximum atomic E-state index is 5.76. The van der Waals surface area contributed by atoms with Crippen LogP contribution in [-0.2, 0) is 0 Å². The van der Waals surface area contributed by atoms with E-state index in [9.17, 15) is 0 Å². The number of fused-ring (bicyclic) bond motifs is 1. The van der Waals surface area contributed by atoms with Crippen molar-refractivity contribution in [2.24, 2.45) is 5.92 Å². The Bertz CT molecular complexity index is 441. The van der Waals surface area contributed by atoms with Gasteiger partial charge in [-0.05, 0) is 23.4 Å². The summed E-state index contributed by atoms with van der Waals surface area (Å²) >= 11 is 0. The highest BCUT2D eigenvalue weighted by atomic mass is 16.5. The van der Waals surface area contributed by atoms with E-state index in [1.54, 1.807) is 0 Å². The fourth-order valence-corrected chi connectivity index (χ4v) is 1.50. The maximum Gasteiger partial charge on any atom is 0.127 e. The number of benzene rings is 2. The average Bonchev–Trinajstić information content (AvgIpc) is 2.26. The molecule has 0 aliphatic carbocycles. The van der Waals surface area contributed by atoms with Crippen LogP contribution < -0.4 is 4.74 Å². The molecule has 15 heavy (non-hydrogen) atoms. The zero-order valence-electron chi connectivity index (χ0n) is 9.16. The number of ether oxygens (including phenoxy) is 1. The van der Waals surface area contributed by atoms with Crippen LogP contribution in [0.1, 0.15) is 13.8 Å². The Labute approximate surface area is 90.7 Å². The van der Waals surface area contributed by atoms with Gasteiger partial charge in [-0.1, -0.05) is 44.2 Å². The largest absolute Gasteiger partial charge is 0.493 e. The van der Waals surface area contributed by atoms with Gasteiger partial charge in [0, 0.05) is 5.39 Å². The van der Waals surface area contributed by atoms with Crippen molar-refractivity contribution in [3.8, 4) is 5.75 Å². The lowest BCUT2D eigenvalue weighted by Gasteiger charge is -2.10. The van der Waals surface area contributed by atoms with E-state index in [-0.39, 0.29) is 0 Å². The van der Waals surface area contributed by atoms with Gasteiger partial charge in [-0.15, -0.1) is 0 Å². The maximum absolute atomic E-state index is 5.76. The summed E-state index contributed by atoms with van der Waals surface area (Å²) in [5.74, 6) is 1.51. The van der Waals surface area contributed by atoms with E-state index in [0.717, 1.165) is 23.1 Å². The number of hydrogen-bond donors (Lipinski definition) is 0. The first-order valence-corrected chi connectivity index (χ1v) is 5.29. The molecule has 0 heterocycles. The lowest BCUT2D eigenvalue weighted by molar-refractivity contribution is 0.274. The summed E-state index contributed by atoms with van der Waals surface area (Å²) in [4.78, 5) is 0. The molecule has 2 rings (SSSR count).